The standard InChI is InChI=1S/C22H28N2O3S/c1-18-5-3-4-6-21(18)27-15-16-28-17-22(25)24-13-11-23(12-14-24)19-7-9-20(26-2)10-8-19/h3-10H,11-17H2,1-2H3. The highest BCUT2D eigenvalue weighted by molar-refractivity contribution is 7.99. The average molecular weight is 401 g/mol. The number of ether oxygens (including phenoxy) is 2. The summed E-state index contributed by atoms with van der Waals surface area (Å²) in [5, 5.41) is 0. The molecule has 5 nitrogen and oxygen atoms in total. The molecule has 150 valence electrons. The molecule has 2 aromatic carbocycles. The van der Waals surface area contributed by atoms with Crippen molar-refractivity contribution in [3.05, 3.63) is 54.1 Å². The molecule has 0 N–H and O–H groups in total. The van der Waals surface area contributed by atoms with Crippen LogP contribution in [-0.2, 0) is 4.79 Å². The largest absolute Gasteiger partial charge is 0.497 e. The van der Waals surface area contributed by atoms with E-state index in [4.69, 9.17) is 9.47 Å². The molecule has 0 aliphatic carbocycles. The van der Waals surface area contributed by atoms with E-state index in [9.17, 15) is 4.79 Å². The maximum absolute atomic E-state index is 12.4. The van der Waals surface area contributed by atoms with Crippen LogP contribution in [0.15, 0.2) is 48.5 Å². The number of hydrogen-bond donors (Lipinski definition) is 0. The summed E-state index contributed by atoms with van der Waals surface area (Å²) < 4.78 is 11.0. The van der Waals surface area contributed by atoms with E-state index >= 15 is 0 Å². The number of aryl methyl sites for hydroxylation is 1. The van der Waals surface area contributed by atoms with Crippen molar-refractivity contribution >= 4 is 23.4 Å². The molecular formula is C22H28N2O3S. The van der Waals surface area contributed by atoms with E-state index in [0.717, 1.165) is 49.0 Å². The van der Waals surface area contributed by atoms with Gasteiger partial charge in [-0.15, -0.1) is 11.8 Å². The van der Waals surface area contributed by atoms with Gasteiger partial charge in [0, 0.05) is 37.6 Å². The molecule has 0 aromatic heterocycles. The minimum atomic E-state index is 0.218. The number of nitrogens with zero attached hydrogens (tertiary/aromatic N) is 2. The van der Waals surface area contributed by atoms with E-state index in [-0.39, 0.29) is 5.91 Å². The van der Waals surface area contributed by atoms with Crippen molar-refractivity contribution in [2.24, 2.45) is 0 Å². The molecule has 1 aliphatic heterocycles. The van der Waals surface area contributed by atoms with Crippen LogP contribution in [0.5, 0.6) is 11.5 Å². The van der Waals surface area contributed by atoms with Crippen molar-refractivity contribution < 1.29 is 14.3 Å². The summed E-state index contributed by atoms with van der Waals surface area (Å²) in [7, 11) is 1.67. The van der Waals surface area contributed by atoms with Crippen molar-refractivity contribution in [3.8, 4) is 11.5 Å². The predicted octanol–water partition coefficient (Wildman–Crippen LogP) is 3.46. The topological polar surface area (TPSA) is 42.0 Å². The Morgan fingerprint density at radius 3 is 2.43 bits per heavy atom. The smallest absolute Gasteiger partial charge is 0.232 e. The van der Waals surface area contributed by atoms with Gasteiger partial charge in [0.05, 0.1) is 19.5 Å². The summed E-state index contributed by atoms with van der Waals surface area (Å²) in [5.74, 6) is 3.33. The zero-order chi connectivity index (χ0) is 19.8. The summed E-state index contributed by atoms with van der Waals surface area (Å²) in [6, 6.07) is 16.1. The first-order valence-corrected chi connectivity index (χ1v) is 10.8. The number of thioether (sulfide) groups is 1. The Kier molecular flexibility index (Phi) is 7.48. The molecule has 1 heterocycles. The van der Waals surface area contributed by atoms with E-state index in [2.05, 4.69) is 17.0 Å². The van der Waals surface area contributed by atoms with Crippen LogP contribution in [0.3, 0.4) is 0 Å². The summed E-state index contributed by atoms with van der Waals surface area (Å²) in [6.07, 6.45) is 0. The predicted molar refractivity (Wildman–Crippen MR) is 116 cm³/mol. The quantitative estimate of drug-likeness (QED) is 0.635. The van der Waals surface area contributed by atoms with E-state index in [1.807, 2.05) is 48.2 Å². The second-order valence-electron chi connectivity index (χ2n) is 6.73. The number of hydrogen-bond acceptors (Lipinski definition) is 5. The summed E-state index contributed by atoms with van der Waals surface area (Å²) >= 11 is 1.64. The lowest BCUT2D eigenvalue weighted by Crippen LogP contribution is -2.49. The third-order valence-corrected chi connectivity index (χ3v) is 5.78. The number of carbonyl (C=O) groups is 1. The van der Waals surface area contributed by atoms with Crippen LogP contribution in [0.1, 0.15) is 5.56 Å². The molecule has 1 saturated heterocycles. The lowest BCUT2D eigenvalue weighted by atomic mass is 10.2. The Balaban J connectivity index is 1.34. The Labute approximate surface area is 171 Å². The SMILES string of the molecule is COc1ccc(N2CCN(C(=O)CSCCOc3ccccc3C)CC2)cc1. The second kappa shape index (κ2) is 10.3. The van der Waals surface area contributed by atoms with Gasteiger partial charge in [0.25, 0.3) is 0 Å². The van der Waals surface area contributed by atoms with E-state index in [0.29, 0.717) is 12.4 Å². The minimum absolute atomic E-state index is 0.218. The maximum Gasteiger partial charge on any atom is 0.232 e. The number of anilines is 1. The number of para-hydroxylation sites is 1. The van der Waals surface area contributed by atoms with E-state index in [1.165, 1.54) is 5.69 Å². The third kappa shape index (κ3) is 5.58. The number of piperazine rings is 1. The van der Waals surface area contributed by atoms with Crippen molar-refractivity contribution in [2.75, 3.05) is 56.3 Å². The molecular weight excluding hydrogens is 372 g/mol. The first-order valence-electron chi connectivity index (χ1n) is 9.60. The highest BCUT2D eigenvalue weighted by Gasteiger charge is 2.21. The summed E-state index contributed by atoms with van der Waals surface area (Å²) in [5.41, 5.74) is 2.31. The number of benzene rings is 2. The van der Waals surface area contributed by atoms with Gasteiger partial charge in [-0.05, 0) is 42.8 Å². The molecule has 1 aliphatic rings. The van der Waals surface area contributed by atoms with Crippen LogP contribution in [-0.4, -0.2) is 62.2 Å². The highest BCUT2D eigenvalue weighted by Crippen LogP contribution is 2.21. The van der Waals surface area contributed by atoms with Gasteiger partial charge in [-0.2, -0.15) is 0 Å². The lowest BCUT2D eigenvalue weighted by molar-refractivity contribution is -0.128. The molecule has 0 unspecified atom stereocenters. The van der Waals surface area contributed by atoms with Crippen molar-refractivity contribution in [1.82, 2.24) is 4.90 Å². The first-order chi connectivity index (χ1) is 13.7. The van der Waals surface area contributed by atoms with Gasteiger partial charge in [-0.3, -0.25) is 4.79 Å². The Morgan fingerprint density at radius 2 is 1.75 bits per heavy atom. The van der Waals surface area contributed by atoms with E-state index in [1.54, 1.807) is 18.9 Å². The molecule has 0 radical (unpaired) electrons. The van der Waals surface area contributed by atoms with Crippen LogP contribution in [0.4, 0.5) is 5.69 Å². The summed E-state index contributed by atoms with van der Waals surface area (Å²) in [6.45, 7) is 5.92. The maximum atomic E-state index is 12.4. The number of methoxy groups -OCH3 is 1. The number of rotatable bonds is 8. The van der Waals surface area contributed by atoms with Gasteiger partial charge in [0.15, 0.2) is 0 Å². The minimum Gasteiger partial charge on any atom is -0.497 e. The number of carbonyl (C=O) groups excluding carboxylic acids is 1. The molecule has 2 aromatic rings. The van der Waals surface area contributed by atoms with Crippen LogP contribution >= 0.6 is 11.8 Å². The zero-order valence-electron chi connectivity index (χ0n) is 16.6. The fourth-order valence-corrected chi connectivity index (χ4v) is 3.89. The Morgan fingerprint density at radius 1 is 1.04 bits per heavy atom. The van der Waals surface area contributed by atoms with Gasteiger partial charge >= 0.3 is 0 Å². The van der Waals surface area contributed by atoms with Gasteiger partial charge in [0.2, 0.25) is 5.91 Å². The van der Waals surface area contributed by atoms with Gasteiger partial charge in [0.1, 0.15) is 11.5 Å². The molecule has 0 bridgehead atoms. The highest BCUT2D eigenvalue weighted by atomic mass is 32.2. The van der Waals surface area contributed by atoms with Crippen molar-refractivity contribution in [3.63, 3.8) is 0 Å². The van der Waals surface area contributed by atoms with Crippen molar-refractivity contribution in [2.45, 2.75) is 6.92 Å². The molecule has 1 fully saturated rings. The first kappa shape index (κ1) is 20.4. The van der Waals surface area contributed by atoms with Crippen LogP contribution in [0.25, 0.3) is 0 Å². The fraction of sp³-hybridized carbons (Fsp3) is 0.409. The molecule has 0 atom stereocenters. The van der Waals surface area contributed by atoms with Crippen LogP contribution < -0.4 is 14.4 Å². The van der Waals surface area contributed by atoms with Gasteiger partial charge in [-0.25, -0.2) is 0 Å². The molecule has 6 heteroatoms. The zero-order valence-corrected chi connectivity index (χ0v) is 17.4. The monoisotopic (exact) mass is 400 g/mol. The molecule has 0 saturated carbocycles. The van der Waals surface area contributed by atoms with E-state index < -0.39 is 0 Å². The molecule has 0 spiro atoms. The van der Waals surface area contributed by atoms with Crippen LogP contribution in [0.2, 0.25) is 0 Å². The Hall–Kier alpha value is -2.34. The van der Waals surface area contributed by atoms with Gasteiger partial charge in [-0.1, -0.05) is 18.2 Å². The van der Waals surface area contributed by atoms with Gasteiger partial charge < -0.3 is 19.3 Å². The molecule has 1 amide bonds. The lowest BCUT2D eigenvalue weighted by Gasteiger charge is -2.36. The summed E-state index contributed by atoms with van der Waals surface area (Å²) in [4.78, 5) is 16.7. The molecule has 3 rings (SSSR count). The Bertz CT molecular complexity index is 759. The normalized spacial score (nSPS) is 14.1. The van der Waals surface area contributed by atoms with Crippen molar-refractivity contribution in [1.29, 1.82) is 0 Å². The number of amides is 1. The second-order valence-corrected chi connectivity index (χ2v) is 7.84. The third-order valence-electron chi connectivity index (χ3n) is 4.87. The van der Waals surface area contributed by atoms with Crippen LogP contribution in [0, 0.1) is 6.92 Å². The molecule has 28 heavy (non-hydrogen) atoms. The fourth-order valence-electron chi connectivity index (χ4n) is 3.19. The average Bonchev–Trinajstić information content (AvgIpc) is 2.75.